The quantitative estimate of drug-likeness (QED) is 0.618. The molecule has 0 saturated carbocycles. The fourth-order valence-corrected chi connectivity index (χ4v) is 2.10. The minimum atomic E-state index is -0.971. The molecule has 0 aromatic heterocycles. The smallest absolute Gasteiger partial charge is 0.322 e. The van der Waals surface area contributed by atoms with E-state index >= 15 is 0 Å². The van der Waals surface area contributed by atoms with Crippen LogP contribution in [0, 0.1) is 0 Å². The topological polar surface area (TPSA) is 87.3 Å². The third-order valence-electron chi connectivity index (χ3n) is 2.71. The first kappa shape index (κ1) is 13.5. The van der Waals surface area contributed by atoms with Crippen LogP contribution in [0.1, 0.15) is 40.5 Å². The van der Waals surface area contributed by atoms with E-state index in [0.717, 1.165) is 0 Å². The van der Waals surface area contributed by atoms with Crippen LogP contribution in [-0.2, 0) is 9.59 Å². The number of hydrogen-bond acceptors (Lipinski definition) is 3. The molecule has 0 bridgehead atoms. The lowest BCUT2D eigenvalue weighted by molar-refractivity contribution is -0.126. The molecule has 1 atom stereocenters. The molecular formula is C11H19N3O3. The molecule has 6 nitrogen and oxygen atoms in total. The zero-order valence-electron chi connectivity index (χ0n) is 10.6. The number of carbonyl (C=O) groups is 3. The molecule has 0 aliphatic carbocycles. The van der Waals surface area contributed by atoms with Crippen molar-refractivity contribution in [1.29, 1.82) is 0 Å². The number of amides is 4. The molecule has 0 aromatic carbocycles. The standard InChI is InChI=1S/C11H19N3O3/c1-5-7(15)13-10(2,3)6-11(4)8(16)12-9(17)14-11/h5-6H2,1-4H3,(H,13,15)(H2,12,14,16,17). The van der Waals surface area contributed by atoms with Gasteiger partial charge in [0.05, 0.1) is 0 Å². The molecule has 1 saturated heterocycles. The van der Waals surface area contributed by atoms with Crippen molar-refractivity contribution in [3.63, 3.8) is 0 Å². The van der Waals surface area contributed by atoms with Gasteiger partial charge in [-0.2, -0.15) is 0 Å². The summed E-state index contributed by atoms with van der Waals surface area (Å²) in [5, 5.41) is 7.60. The highest BCUT2D eigenvalue weighted by Crippen LogP contribution is 2.23. The second-order valence-electron chi connectivity index (χ2n) is 5.20. The predicted molar refractivity (Wildman–Crippen MR) is 62.2 cm³/mol. The molecular weight excluding hydrogens is 222 g/mol. The lowest BCUT2D eigenvalue weighted by Gasteiger charge is -2.33. The van der Waals surface area contributed by atoms with E-state index in [1.165, 1.54) is 0 Å². The Morgan fingerprint density at radius 2 is 2.00 bits per heavy atom. The molecule has 1 heterocycles. The summed E-state index contributed by atoms with van der Waals surface area (Å²) in [4.78, 5) is 34.1. The first-order chi connectivity index (χ1) is 7.68. The summed E-state index contributed by atoms with van der Waals surface area (Å²) in [6.07, 6.45) is 0.724. The Kier molecular flexibility index (Phi) is 3.45. The van der Waals surface area contributed by atoms with Crippen LogP contribution in [0.2, 0.25) is 0 Å². The molecule has 0 aromatic rings. The molecule has 1 aliphatic heterocycles. The predicted octanol–water partition coefficient (Wildman–Crippen LogP) is 0.279. The number of rotatable bonds is 4. The Hall–Kier alpha value is -1.59. The molecule has 96 valence electrons. The molecule has 1 fully saturated rings. The summed E-state index contributed by atoms with van der Waals surface area (Å²) < 4.78 is 0. The van der Waals surface area contributed by atoms with Gasteiger partial charge in [-0.1, -0.05) is 6.92 Å². The van der Waals surface area contributed by atoms with Crippen LogP contribution in [0.5, 0.6) is 0 Å². The summed E-state index contributed by atoms with van der Waals surface area (Å²) in [5.74, 6) is -0.440. The van der Waals surface area contributed by atoms with Crippen LogP contribution in [0.3, 0.4) is 0 Å². The number of carbonyl (C=O) groups excluding carboxylic acids is 3. The molecule has 6 heteroatoms. The van der Waals surface area contributed by atoms with Gasteiger partial charge in [0.1, 0.15) is 5.54 Å². The van der Waals surface area contributed by atoms with Gasteiger partial charge in [0.15, 0.2) is 0 Å². The third kappa shape index (κ3) is 3.18. The van der Waals surface area contributed by atoms with Gasteiger partial charge in [0.2, 0.25) is 5.91 Å². The highest BCUT2D eigenvalue weighted by Gasteiger charge is 2.45. The molecule has 0 radical (unpaired) electrons. The Balaban J connectivity index is 2.73. The van der Waals surface area contributed by atoms with Gasteiger partial charge in [-0.3, -0.25) is 14.9 Å². The Morgan fingerprint density at radius 1 is 1.41 bits per heavy atom. The highest BCUT2D eigenvalue weighted by molar-refractivity contribution is 6.06. The molecule has 3 N–H and O–H groups in total. The summed E-state index contributed by atoms with van der Waals surface area (Å²) in [6.45, 7) is 7.05. The minimum absolute atomic E-state index is 0.0802. The first-order valence-corrected chi connectivity index (χ1v) is 5.63. The van der Waals surface area contributed by atoms with Crippen molar-refractivity contribution >= 4 is 17.8 Å². The number of hydrogen-bond donors (Lipinski definition) is 3. The first-order valence-electron chi connectivity index (χ1n) is 5.63. The molecule has 1 unspecified atom stereocenters. The van der Waals surface area contributed by atoms with Gasteiger partial charge in [-0.25, -0.2) is 4.79 Å². The number of nitrogens with one attached hydrogen (secondary N) is 3. The lowest BCUT2D eigenvalue weighted by atomic mass is 9.85. The van der Waals surface area contributed by atoms with Crippen molar-refractivity contribution < 1.29 is 14.4 Å². The zero-order valence-corrected chi connectivity index (χ0v) is 10.6. The van der Waals surface area contributed by atoms with Crippen LogP contribution < -0.4 is 16.0 Å². The second-order valence-corrected chi connectivity index (χ2v) is 5.20. The van der Waals surface area contributed by atoms with Crippen molar-refractivity contribution in [2.75, 3.05) is 0 Å². The van der Waals surface area contributed by atoms with Crippen molar-refractivity contribution in [3.8, 4) is 0 Å². The van der Waals surface area contributed by atoms with Gasteiger partial charge in [0, 0.05) is 18.4 Å². The lowest BCUT2D eigenvalue weighted by Crippen LogP contribution is -2.54. The Labute approximate surface area is 101 Å². The second kappa shape index (κ2) is 4.35. The normalized spacial score (nSPS) is 24.2. The van der Waals surface area contributed by atoms with Gasteiger partial charge in [0.25, 0.3) is 5.91 Å². The summed E-state index contributed by atoms with van der Waals surface area (Å²) in [5.41, 5.74) is -1.53. The zero-order chi connectivity index (χ0) is 13.3. The summed E-state index contributed by atoms with van der Waals surface area (Å²) in [6, 6.07) is -0.491. The van der Waals surface area contributed by atoms with Gasteiger partial charge < -0.3 is 10.6 Å². The van der Waals surface area contributed by atoms with Crippen molar-refractivity contribution in [2.45, 2.75) is 51.6 Å². The maximum absolute atomic E-state index is 11.6. The van der Waals surface area contributed by atoms with Crippen molar-refractivity contribution in [3.05, 3.63) is 0 Å². The van der Waals surface area contributed by atoms with E-state index in [1.54, 1.807) is 13.8 Å². The van der Waals surface area contributed by atoms with E-state index in [9.17, 15) is 14.4 Å². The van der Waals surface area contributed by atoms with Crippen LogP contribution in [0.15, 0.2) is 0 Å². The number of urea groups is 1. The maximum Gasteiger partial charge on any atom is 0.322 e. The Bertz CT molecular complexity index is 365. The summed E-state index contributed by atoms with van der Waals surface area (Å²) >= 11 is 0. The Morgan fingerprint density at radius 3 is 2.41 bits per heavy atom. The van der Waals surface area contributed by atoms with Crippen LogP contribution in [-0.4, -0.2) is 28.9 Å². The average Bonchev–Trinajstić information content (AvgIpc) is 2.37. The van der Waals surface area contributed by atoms with E-state index < -0.39 is 17.1 Å². The van der Waals surface area contributed by atoms with Crippen LogP contribution >= 0.6 is 0 Å². The monoisotopic (exact) mass is 241 g/mol. The van der Waals surface area contributed by atoms with Crippen molar-refractivity contribution in [2.24, 2.45) is 0 Å². The largest absolute Gasteiger partial charge is 0.351 e. The molecule has 0 spiro atoms. The van der Waals surface area contributed by atoms with Crippen LogP contribution in [0.4, 0.5) is 4.79 Å². The fourth-order valence-electron chi connectivity index (χ4n) is 2.10. The van der Waals surface area contributed by atoms with Gasteiger partial charge in [-0.15, -0.1) is 0 Å². The van der Waals surface area contributed by atoms with Crippen LogP contribution in [0.25, 0.3) is 0 Å². The number of imide groups is 1. The van der Waals surface area contributed by atoms with E-state index in [-0.39, 0.29) is 11.8 Å². The van der Waals surface area contributed by atoms with Gasteiger partial charge >= 0.3 is 6.03 Å². The van der Waals surface area contributed by atoms with E-state index in [2.05, 4.69) is 16.0 Å². The molecule has 1 rings (SSSR count). The van der Waals surface area contributed by atoms with Gasteiger partial charge in [-0.05, 0) is 20.8 Å². The van der Waals surface area contributed by atoms with Crippen molar-refractivity contribution in [1.82, 2.24) is 16.0 Å². The molecule has 17 heavy (non-hydrogen) atoms. The minimum Gasteiger partial charge on any atom is -0.351 e. The molecule has 1 aliphatic rings. The fraction of sp³-hybridized carbons (Fsp3) is 0.727. The SMILES string of the molecule is CCC(=O)NC(C)(C)CC1(C)NC(=O)NC1=O. The van der Waals surface area contributed by atoms with E-state index in [4.69, 9.17) is 0 Å². The highest BCUT2D eigenvalue weighted by atomic mass is 16.2. The third-order valence-corrected chi connectivity index (χ3v) is 2.71. The van der Waals surface area contributed by atoms with E-state index in [1.807, 2.05) is 13.8 Å². The summed E-state index contributed by atoms with van der Waals surface area (Å²) in [7, 11) is 0. The maximum atomic E-state index is 11.6. The average molecular weight is 241 g/mol. The van der Waals surface area contributed by atoms with E-state index in [0.29, 0.717) is 12.8 Å². The molecule has 4 amide bonds.